The minimum Gasteiger partial charge on any atom is -0.469 e. The maximum absolute atomic E-state index is 11.9. The van der Waals surface area contributed by atoms with Crippen molar-refractivity contribution < 1.29 is 9.53 Å². The summed E-state index contributed by atoms with van der Waals surface area (Å²) in [6.07, 6.45) is 5.76. The Kier molecular flexibility index (Phi) is 4.53. The van der Waals surface area contributed by atoms with Crippen molar-refractivity contribution in [1.29, 1.82) is 0 Å². The molecule has 0 bridgehead atoms. The number of pyridine rings is 1. The molecule has 4 nitrogen and oxygen atoms in total. The Labute approximate surface area is 114 Å². The largest absolute Gasteiger partial charge is 0.469 e. The van der Waals surface area contributed by atoms with Crippen LogP contribution in [0.15, 0.2) is 24.4 Å². The van der Waals surface area contributed by atoms with Gasteiger partial charge in [-0.25, -0.2) is 0 Å². The Morgan fingerprint density at radius 2 is 2.26 bits per heavy atom. The predicted molar refractivity (Wildman–Crippen MR) is 73.7 cm³/mol. The lowest BCUT2D eigenvalue weighted by Crippen LogP contribution is -2.47. The fourth-order valence-electron chi connectivity index (χ4n) is 2.69. The van der Waals surface area contributed by atoms with E-state index >= 15 is 0 Å². The van der Waals surface area contributed by atoms with Crippen LogP contribution in [0.1, 0.15) is 25.0 Å². The van der Waals surface area contributed by atoms with Crippen LogP contribution >= 0.6 is 0 Å². The van der Waals surface area contributed by atoms with Crippen LogP contribution in [0.3, 0.4) is 0 Å². The standard InChI is InChI=1S/C15H22N2O2/c1-17(11-7-13-6-3-4-10-16-13)12-15(8-5-9-15)14(18)19-2/h3-4,6,10H,5,7-9,11-12H2,1-2H3. The molecule has 1 aromatic heterocycles. The number of carbonyl (C=O) groups excluding carboxylic acids is 1. The fraction of sp³-hybridized carbons (Fsp3) is 0.600. The van der Waals surface area contributed by atoms with Crippen LogP contribution in [0.5, 0.6) is 0 Å². The van der Waals surface area contributed by atoms with E-state index in [9.17, 15) is 4.79 Å². The van der Waals surface area contributed by atoms with Crippen molar-refractivity contribution in [3.8, 4) is 0 Å². The number of carbonyl (C=O) groups is 1. The quantitative estimate of drug-likeness (QED) is 0.734. The first-order chi connectivity index (χ1) is 9.16. The van der Waals surface area contributed by atoms with Crippen molar-refractivity contribution in [3.05, 3.63) is 30.1 Å². The highest BCUT2D eigenvalue weighted by atomic mass is 16.5. The van der Waals surface area contributed by atoms with Gasteiger partial charge in [0.15, 0.2) is 0 Å². The lowest BCUT2D eigenvalue weighted by atomic mass is 9.68. The number of hydrogen-bond donors (Lipinski definition) is 0. The zero-order chi connectivity index (χ0) is 13.7. The predicted octanol–water partition coefficient (Wildman–Crippen LogP) is 1.90. The summed E-state index contributed by atoms with van der Waals surface area (Å²) in [7, 11) is 3.54. The Morgan fingerprint density at radius 3 is 2.79 bits per heavy atom. The maximum atomic E-state index is 11.9. The van der Waals surface area contributed by atoms with E-state index in [1.54, 1.807) is 0 Å². The van der Waals surface area contributed by atoms with Gasteiger partial charge in [0.05, 0.1) is 12.5 Å². The highest BCUT2D eigenvalue weighted by Gasteiger charge is 2.45. The molecule has 0 amide bonds. The molecule has 1 aromatic rings. The fourth-order valence-corrected chi connectivity index (χ4v) is 2.69. The van der Waals surface area contributed by atoms with Gasteiger partial charge in [-0.15, -0.1) is 0 Å². The number of likely N-dealkylation sites (N-methyl/N-ethyl adjacent to an activating group) is 1. The Bertz CT molecular complexity index is 415. The minimum atomic E-state index is -0.256. The summed E-state index contributed by atoms with van der Waals surface area (Å²) < 4.78 is 4.94. The third-order valence-corrected chi connectivity index (χ3v) is 3.98. The summed E-state index contributed by atoms with van der Waals surface area (Å²) in [5.74, 6) is -0.0524. The smallest absolute Gasteiger partial charge is 0.313 e. The van der Waals surface area contributed by atoms with Crippen molar-refractivity contribution in [1.82, 2.24) is 9.88 Å². The van der Waals surface area contributed by atoms with E-state index in [1.807, 2.05) is 24.4 Å². The van der Waals surface area contributed by atoms with Crippen LogP contribution in [-0.4, -0.2) is 43.1 Å². The minimum absolute atomic E-state index is 0.0524. The summed E-state index contributed by atoms with van der Waals surface area (Å²) in [4.78, 5) is 18.4. The number of methoxy groups -OCH3 is 1. The molecule has 4 heteroatoms. The first-order valence-corrected chi connectivity index (χ1v) is 6.83. The van der Waals surface area contributed by atoms with E-state index in [2.05, 4.69) is 16.9 Å². The molecule has 0 unspecified atom stereocenters. The highest BCUT2D eigenvalue weighted by molar-refractivity contribution is 5.78. The van der Waals surface area contributed by atoms with Crippen LogP contribution in [0.4, 0.5) is 0 Å². The van der Waals surface area contributed by atoms with E-state index in [4.69, 9.17) is 4.74 Å². The molecular weight excluding hydrogens is 240 g/mol. The molecule has 104 valence electrons. The molecule has 0 saturated heterocycles. The number of ether oxygens (including phenoxy) is 1. The number of rotatable bonds is 6. The van der Waals surface area contributed by atoms with Crippen LogP contribution in [0.25, 0.3) is 0 Å². The van der Waals surface area contributed by atoms with Crippen LogP contribution in [0, 0.1) is 5.41 Å². The Balaban J connectivity index is 1.83. The maximum Gasteiger partial charge on any atom is 0.313 e. The van der Waals surface area contributed by atoms with Crippen molar-refractivity contribution >= 4 is 5.97 Å². The van der Waals surface area contributed by atoms with Gasteiger partial charge >= 0.3 is 5.97 Å². The van der Waals surface area contributed by atoms with Gasteiger partial charge in [-0.05, 0) is 32.0 Å². The molecule has 1 aliphatic rings. The van der Waals surface area contributed by atoms with Gasteiger partial charge in [-0.1, -0.05) is 12.5 Å². The van der Waals surface area contributed by atoms with E-state index in [0.29, 0.717) is 0 Å². The average Bonchev–Trinajstić information content (AvgIpc) is 2.41. The van der Waals surface area contributed by atoms with Crippen molar-refractivity contribution in [2.45, 2.75) is 25.7 Å². The van der Waals surface area contributed by atoms with Gasteiger partial charge in [0, 0.05) is 31.4 Å². The molecule has 0 N–H and O–H groups in total. The van der Waals surface area contributed by atoms with Gasteiger partial charge in [-0.3, -0.25) is 9.78 Å². The first kappa shape index (κ1) is 14.0. The highest BCUT2D eigenvalue weighted by Crippen LogP contribution is 2.42. The second kappa shape index (κ2) is 6.15. The van der Waals surface area contributed by atoms with Crippen LogP contribution < -0.4 is 0 Å². The summed E-state index contributed by atoms with van der Waals surface area (Å²) in [6, 6.07) is 5.96. The average molecular weight is 262 g/mol. The third kappa shape index (κ3) is 3.32. The third-order valence-electron chi connectivity index (χ3n) is 3.98. The first-order valence-electron chi connectivity index (χ1n) is 6.83. The normalized spacial score (nSPS) is 17.0. The molecule has 0 aliphatic heterocycles. The monoisotopic (exact) mass is 262 g/mol. The summed E-state index contributed by atoms with van der Waals surface area (Å²) >= 11 is 0. The molecule has 1 fully saturated rings. The van der Waals surface area contributed by atoms with Gasteiger partial charge in [0.2, 0.25) is 0 Å². The van der Waals surface area contributed by atoms with Crippen LogP contribution in [-0.2, 0) is 16.0 Å². The SMILES string of the molecule is COC(=O)C1(CN(C)CCc2ccccn2)CCC1. The van der Waals surface area contributed by atoms with Gasteiger partial charge in [-0.2, -0.15) is 0 Å². The number of aromatic nitrogens is 1. The zero-order valence-corrected chi connectivity index (χ0v) is 11.8. The van der Waals surface area contributed by atoms with E-state index in [1.165, 1.54) is 7.11 Å². The molecule has 1 saturated carbocycles. The number of hydrogen-bond acceptors (Lipinski definition) is 4. The molecule has 0 spiro atoms. The molecule has 1 heterocycles. The van der Waals surface area contributed by atoms with Crippen molar-refractivity contribution in [2.24, 2.45) is 5.41 Å². The number of esters is 1. The second-order valence-corrected chi connectivity index (χ2v) is 5.43. The molecule has 19 heavy (non-hydrogen) atoms. The van der Waals surface area contributed by atoms with Crippen LogP contribution in [0.2, 0.25) is 0 Å². The van der Waals surface area contributed by atoms with Gasteiger partial charge < -0.3 is 9.64 Å². The molecule has 0 radical (unpaired) electrons. The Morgan fingerprint density at radius 1 is 1.47 bits per heavy atom. The number of nitrogens with zero attached hydrogens (tertiary/aromatic N) is 2. The molecule has 0 atom stereocenters. The van der Waals surface area contributed by atoms with E-state index in [-0.39, 0.29) is 11.4 Å². The summed E-state index contributed by atoms with van der Waals surface area (Å²) in [5, 5.41) is 0. The van der Waals surface area contributed by atoms with Gasteiger partial charge in [0.25, 0.3) is 0 Å². The lowest BCUT2D eigenvalue weighted by molar-refractivity contribution is -0.159. The zero-order valence-electron chi connectivity index (χ0n) is 11.8. The molecule has 0 aromatic carbocycles. The van der Waals surface area contributed by atoms with Crippen molar-refractivity contribution in [3.63, 3.8) is 0 Å². The van der Waals surface area contributed by atoms with E-state index in [0.717, 1.165) is 44.5 Å². The Hall–Kier alpha value is -1.42. The second-order valence-electron chi connectivity index (χ2n) is 5.43. The lowest BCUT2D eigenvalue weighted by Gasteiger charge is -2.41. The van der Waals surface area contributed by atoms with E-state index < -0.39 is 0 Å². The summed E-state index contributed by atoms with van der Waals surface area (Å²) in [6.45, 7) is 1.70. The summed E-state index contributed by atoms with van der Waals surface area (Å²) in [5.41, 5.74) is 0.836. The van der Waals surface area contributed by atoms with Crippen molar-refractivity contribution in [2.75, 3.05) is 27.2 Å². The topological polar surface area (TPSA) is 42.4 Å². The molecule has 1 aliphatic carbocycles. The molecular formula is C15H22N2O2. The molecule has 2 rings (SSSR count). The van der Waals surface area contributed by atoms with Gasteiger partial charge in [0.1, 0.15) is 0 Å².